The second-order valence-electron chi connectivity index (χ2n) is 9.05. The molecule has 2 rings (SSSR count). The number of nitrogens with zero attached hydrogens (tertiary/aromatic N) is 1. The number of hydrogen-bond acceptors (Lipinski definition) is 5. The van der Waals surface area contributed by atoms with Crippen molar-refractivity contribution in [3.63, 3.8) is 0 Å². The van der Waals surface area contributed by atoms with E-state index < -0.39 is 33.8 Å². The van der Waals surface area contributed by atoms with Gasteiger partial charge in [0.25, 0.3) is 0 Å². The fourth-order valence-corrected chi connectivity index (χ4v) is 4.30. The molecule has 1 aliphatic heterocycles. The first-order chi connectivity index (χ1) is 13.9. The van der Waals surface area contributed by atoms with Crippen LogP contribution >= 0.6 is 0 Å². The van der Waals surface area contributed by atoms with Crippen LogP contribution in [0, 0.1) is 0 Å². The van der Waals surface area contributed by atoms with E-state index in [-0.39, 0.29) is 12.4 Å². The van der Waals surface area contributed by atoms with Crippen molar-refractivity contribution in [3.8, 4) is 5.75 Å². The average molecular weight is 441 g/mol. The predicted molar refractivity (Wildman–Crippen MR) is 118 cm³/mol. The van der Waals surface area contributed by atoms with Crippen LogP contribution in [0.5, 0.6) is 5.75 Å². The molecule has 1 fully saturated rings. The third kappa shape index (κ3) is 7.16. The summed E-state index contributed by atoms with van der Waals surface area (Å²) in [5.41, 5.74) is 0.578. The number of nitrogens with one attached hydrogen (secondary N) is 1. The molecule has 1 aromatic rings. The monoisotopic (exact) mass is 440 g/mol. The number of rotatable bonds is 7. The Balaban J connectivity index is 2.20. The van der Waals surface area contributed by atoms with Crippen LogP contribution in [0.3, 0.4) is 0 Å². The van der Waals surface area contributed by atoms with Gasteiger partial charge in [-0.3, -0.25) is 0 Å². The van der Waals surface area contributed by atoms with Crippen LogP contribution in [0.2, 0.25) is 0 Å². The van der Waals surface area contributed by atoms with Crippen molar-refractivity contribution >= 4 is 16.1 Å². The van der Waals surface area contributed by atoms with Gasteiger partial charge in [0.05, 0.1) is 11.8 Å². The fraction of sp³-hybridized carbons (Fsp3) is 0.682. The van der Waals surface area contributed by atoms with Gasteiger partial charge < -0.3 is 14.4 Å². The molecule has 1 N–H and O–H groups in total. The summed E-state index contributed by atoms with van der Waals surface area (Å²) in [5.74, 6) is 1.10. The summed E-state index contributed by atoms with van der Waals surface area (Å²) in [7, 11) is -3.42. The molecule has 7 nitrogen and oxygen atoms in total. The van der Waals surface area contributed by atoms with Gasteiger partial charge in [-0.15, -0.1) is 0 Å². The topological polar surface area (TPSA) is 84.9 Å². The molecule has 1 aliphatic rings. The van der Waals surface area contributed by atoms with Gasteiger partial charge in [0.15, 0.2) is 0 Å². The summed E-state index contributed by atoms with van der Waals surface area (Å²) in [6, 6.07) is 6.96. The molecule has 0 spiro atoms. The highest BCUT2D eigenvalue weighted by Gasteiger charge is 2.38. The lowest BCUT2D eigenvalue weighted by Crippen LogP contribution is -2.60. The first-order valence-electron chi connectivity index (χ1n) is 10.6. The molecular weight excluding hydrogens is 404 g/mol. The Bertz CT molecular complexity index is 800. The summed E-state index contributed by atoms with van der Waals surface area (Å²) >= 11 is 0. The van der Waals surface area contributed by atoms with Crippen molar-refractivity contribution in [3.05, 3.63) is 29.8 Å². The molecule has 2 unspecified atom stereocenters. The molecule has 170 valence electrons. The van der Waals surface area contributed by atoms with Crippen LogP contribution in [0.15, 0.2) is 24.3 Å². The van der Waals surface area contributed by atoms with Crippen molar-refractivity contribution < 1.29 is 22.7 Å². The van der Waals surface area contributed by atoms with E-state index in [2.05, 4.69) is 18.6 Å². The summed E-state index contributed by atoms with van der Waals surface area (Å²) < 4.78 is 38.7. The van der Waals surface area contributed by atoms with Crippen LogP contribution in [-0.2, 0) is 14.8 Å². The molecule has 1 aromatic carbocycles. The Kier molecular flexibility index (Phi) is 8.16. The molecule has 1 amide bonds. The first-order valence-corrected chi connectivity index (χ1v) is 12.3. The van der Waals surface area contributed by atoms with E-state index in [0.29, 0.717) is 31.1 Å². The van der Waals surface area contributed by atoms with E-state index >= 15 is 0 Å². The van der Waals surface area contributed by atoms with E-state index in [0.717, 1.165) is 0 Å². The third-order valence-corrected chi connectivity index (χ3v) is 6.51. The van der Waals surface area contributed by atoms with E-state index in [9.17, 15) is 13.2 Å². The van der Waals surface area contributed by atoms with Gasteiger partial charge in [0, 0.05) is 12.6 Å². The molecule has 0 bridgehead atoms. The van der Waals surface area contributed by atoms with E-state index in [1.54, 1.807) is 11.8 Å². The van der Waals surface area contributed by atoms with Crippen molar-refractivity contribution in [2.24, 2.45) is 0 Å². The van der Waals surface area contributed by atoms with Gasteiger partial charge in [-0.05, 0) is 64.2 Å². The number of amides is 1. The Morgan fingerprint density at radius 2 is 1.87 bits per heavy atom. The maximum absolute atomic E-state index is 12.8. The Morgan fingerprint density at radius 3 is 2.40 bits per heavy atom. The maximum atomic E-state index is 12.8. The summed E-state index contributed by atoms with van der Waals surface area (Å²) in [6.45, 7) is 12.0. The van der Waals surface area contributed by atoms with Gasteiger partial charge in [-0.25, -0.2) is 17.9 Å². The molecule has 8 heteroatoms. The second-order valence-corrected chi connectivity index (χ2v) is 11.1. The molecule has 0 radical (unpaired) electrons. The first kappa shape index (κ1) is 24.5. The average Bonchev–Trinajstić information content (AvgIpc) is 2.65. The molecule has 30 heavy (non-hydrogen) atoms. The molecule has 1 saturated heterocycles. The van der Waals surface area contributed by atoms with Gasteiger partial charge in [-0.1, -0.05) is 26.0 Å². The highest BCUT2D eigenvalue weighted by atomic mass is 32.2. The Labute approximate surface area is 181 Å². The molecule has 1 heterocycles. The Hall–Kier alpha value is -1.80. The van der Waals surface area contributed by atoms with Crippen LogP contribution in [0.1, 0.15) is 65.9 Å². The number of piperidine rings is 1. The van der Waals surface area contributed by atoms with Crippen molar-refractivity contribution in [1.29, 1.82) is 0 Å². The fourth-order valence-electron chi connectivity index (χ4n) is 3.39. The van der Waals surface area contributed by atoms with E-state index in [1.807, 2.05) is 45.0 Å². The largest absolute Gasteiger partial charge is 0.491 e. The SMILES string of the molecule is CCS(=O)(=O)NC1CCCN(C(=O)OC(C)(C)C)C1COc1ccc(C(C)C)cc1. The number of benzene rings is 1. The van der Waals surface area contributed by atoms with Gasteiger partial charge in [-0.2, -0.15) is 0 Å². The summed E-state index contributed by atoms with van der Waals surface area (Å²) in [6.07, 6.45) is 0.876. The van der Waals surface area contributed by atoms with Gasteiger partial charge in [0.1, 0.15) is 18.0 Å². The van der Waals surface area contributed by atoms with Crippen molar-refractivity contribution in [2.75, 3.05) is 18.9 Å². The molecule has 2 atom stereocenters. The highest BCUT2D eigenvalue weighted by Crippen LogP contribution is 2.24. The minimum absolute atomic E-state index is 0.0137. The van der Waals surface area contributed by atoms with E-state index in [4.69, 9.17) is 9.47 Å². The lowest BCUT2D eigenvalue weighted by molar-refractivity contribution is -0.00139. The zero-order chi connectivity index (χ0) is 22.5. The van der Waals surface area contributed by atoms with Gasteiger partial charge in [0.2, 0.25) is 10.0 Å². The van der Waals surface area contributed by atoms with Crippen LogP contribution in [-0.4, -0.2) is 56.0 Å². The minimum atomic E-state index is -3.42. The zero-order valence-electron chi connectivity index (χ0n) is 19.0. The smallest absolute Gasteiger partial charge is 0.410 e. The molecule has 0 aliphatic carbocycles. The number of ether oxygens (including phenoxy) is 2. The number of carbonyl (C=O) groups excluding carboxylic acids is 1. The lowest BCUT2D eigenvalue weighted by Gasteiger charge is -2.41. The Morgan fingerprint density at radius 1 is 1.23 bits per heavy atom. The highest BCUT2D eigenvalue weighted by molar-refractivity contribution is 7.89. The third-order valence-electron chi connectivity index (χ3n) is 5.09. The maximum Gasteiger partial charge on any atom is 0.410 e. The molecular formula is C22H36N2O5S. The summed E-state index contributed by atoms with van der Waals surface area (Å²) in [4.78, 5) is 14.4. The number of sulfonamides is 1. The number of likely N-dealkylation sites (tertiary alicyclic amines) is 1. The van der Waals surface area contributed by atoms with E-state index in [1.165, 1.54) is 5.56 Å². The molecule has 0 aromatic heterocycles. The summed E-state index contributed by atoms with van der Waals surface area (Å²) in [5, 5.41) is 0. The number of hydrogen-bond donors (Lipinski definition) is 1. The molecule has 0 saturated carbocycles. The second kappa shape index (κ2) is 10.0. The quantitative estimate of drug-likeness (QED) is 0.695. The lowest BCUT2D eigenvalue weighted by atomic mass is 9.98. The van der Waals surface area contributed by atoms with Crippen LogP contribution in [0.25, 0.3) is 0 Å². The standard InChI is InChI=1S/C22H36N2O5S/c1-7-30(26,27)23-19-9-8-14-24(21(25)29-22(4,5)6)20(19)15-28-18-12-10-17(11-13-18)16(2)3/h10-13,16,19-20,23H,7-9,14-15H2,1-6H3. The number of carbonyl (C=O) groups is 1. The van der Waals surface area contributed by atoms with Crippen molar-refractivity contribution in [1.82, 2.24) is 9.62 Å². The van der Waals surface area contributed by atoms with Crippen LogP contribution < -0.4 is 9.46 Å². The van der Waals surface area contributed by atoms with Crippen molar-refractivity contribution in [2.45, 2.75) is 78.0 Å². The normalized spacial score (nSPS) is 20.3. The van der Waals surface area contributed by atoms with Gasteiger partial charge >= 0.3 is 6.09 Å². The zero-order valence-corrected chi connectivity index (χ0v) is 19.8. The van der Waals surface area contributed by atoms with Crippen LogP contribution in [0.4, 0.5) is 4.79 Å². The minimum Gasteiger partial charge on any atom is -0.491 e. The predicted octanol–water partition coefficient (Wildman–Crippen LogP) is 3.90.